The van der Waals surface area contributed by atoms with Gasteiger partial charge in [-0.2, -0.15) is 0 Å². The van der Waals surface area contributed by atoms with Gasteiger partial charge in [0.25, 0.3) is 0 Å². The van der Waals surface area contributed by atoms with Gasteiger partial charge in [-0.05, 0) is 18.2 Å². The third-order valence-electron chi connectivity index (χ3n) is 3.23. The second kappa shape index (κ2) is 5.13. The third-order valence-corrected chi connectivity index (χ3v) is 3.46. The number of hydrogen-bond acceptors (Lipinski definition) is 4. The predicted octanol–water partition coefficient (Wildman–Crippen LogP) is 3.24. The molecular formula is C15H15ClN4. The molecule has 1 aromatic heterocycles. The average molecular weight is 287 g/mol. The number of rotatable bonds is 4. The van der Waals surface area contributed by atoms with Crippen LogP contribution in [0.2, 0.25) is 5.02 Å². The van der Waals surface area contributed by atoms with E-state index in [0.717, 1.165) is 42.4 Å². The quantitative estimate of drug-likeness (QED) is 0.808. The Morgan fingerprint density at radius 1 is 1.05 bits per heavy atom. The van der Waals surface area contributed by atoms with Crippen LogP contribution in [0.15, 0.2) is 43.5 Å². The molecule has 0 atom stereocenters. The predicted molar refractivity (Wildman–Crippen MR) is 84.5 cm³/mol. The summed E-state index contributed by atoms with van der Waals surface area (Å²) in [5.41, 5.74) is 1.66. The van der Waals surface area contributed by atoms with E-state index in [9.17, 15) is 0 Å². The molecule has 0 saturated carbocycles. The molecular weight excluding hydrogens is 272 g/mol. The van der Waals surface area contributed by atoms with Gasteiger partial charge < -0.3 is 9.80 Å². The summed E-state index contributed by atoms with van der Waals surface area (Å²) in [5, 5.41) is 0.669. The van der Waals surface area contributed by atoms with Gasteiger partial charge in [-0.15, -0.1) is 13.2 Å². The third kappa shape index (κ3) is 2.12. The molecule has 3 rings (SSSR count). The monoisotopic (exact) mass is 286 g/mol. The van der Waals surface area contributed by atoms with Crippen molar-refractivity contribution in [3.8, 4) is 0 Å². The van der Waals surface area contributed by atoms with Gasteiger partial charge in [0.1, 0.15) is 0 Å². The highest BCUT2D eigenvalue weighted by molar-refractivity contribution is 6.31. The summed E-state index contributed by atoms with van der Waals surface area (Å²) in [7, 11) is 0. The van der Waals surface area contributed by atoms with Crippen LogP contribution in [-0.2, 0) is 0 Å². The van der Waals surface area contributed by atoms with Crippen LogP contribution < -0.4 is 9.80 Å². The zero-order valence-corrected chi connectivity index (χ0v) is 11.8. The number of halogens is 1. The normalized spacial score (nSPS) is 13.7. The zero-order valence-electron chi connectivity index (χ0n) is 11.1. The summed E-state index contributed by atoms with van der Waals surface area (Å²) in [4.78, 5) is 13.7. The van der Waals surface area contributed by atoms with Crippen molar-refractivity contribution >= 4 is 34.3 Å². The molecule has 0 N–H and O–H groups in total. The van der Waals surface area contributed by atoms with Gasteiger partial charge in [0, 0.05) is 18.1 Å². The maximum absolute atomic E-state index is 6.02. The van der Waals surface area contributed by atoms with Crippen LogP contribution in [0.4, 0.5) is 11.6 Å². The first-order valence-electron chi connectivity index (χ1n) is 6.42. The number of nitrogens with zero attached hydrogens (tertiary/aromatic N) is 4. The van der Waals surface area contributed by atoms with E-state index in [1.165, 1.54) is 0 Å². The van der Waals surface area contributed by atoms with Crippen molar-refractivity contribution in [2.24, 2.45) is 0 Å². The minimum atomic E-state index is 0.669. The van der Waals surface area contributed by atoms with Gasteiger partial charge in [-0.25, -0.2) is 9.97 Å². The maximum atomic E-state index is 6.02. The summed E-state index contributed by atoms with van der Waals surface area (Å²) in [6.07, 6.45) is 3.74. The highest BCUT2D eigenvalue weighted by atomic mass is 35.5. The second-order valence-corrected chi connectivity index (χ2v) is 5.10. The maximum Gasteiger partial charge on any atom is 0.174 e. The molecule has 5 heteroatoms. The molecule has 20 heavy (non-hydrogen) atoms. The topological polar surface area (TPSA) is 32.3 Å². The Hall–Kier alpha value is -2.07. The average Bonchev–Trinajstić information content (AvgIpc) is 2.75. The van der Waals surface area contributed by atoms with Gasteiger partial charge in [-0.3, -0.25) is 0 Å². The van der Waals surface area contributed by atoms with Crippen LogP contribution in [0.25, 0.3) is 11.0 Å². The highest BCUT2D eigenvalue weighted by Crippen LogP contribution is 2.34. The number of anilines is 2. The number of aromatic nitrogens is 2. The molecule has 1 aliphatic rings. The molecule has 1 aromatic carbocycles. The SMILES string of the molecule is C=CCN1CN(CC=C)c2nc3cc(Cl)ccc3nc21. The lowest BCUT2D eigenvalue weighted by Crippen LogP contribution is -2.31. The molecule has 0 saturated heterocycles. The van der Waals surface area contributed by atoms with E-state index in [-0.39, 0.29) is 0 Å². The molecule has 0 spiro atoms. The minimum absolute atomic E-state index is 0.669. The van der Waals surface area contributed by atoms with E-state index in [0.29, 0.717) is 5.02 Å². The highest BCUT2D eigenvalue weighted by Gasteiger charge is 2.27. The van der Waals surface area contributed by atoms with E-state index in [1.807, 2.05) is 30.4 Å². The summed E-state index contributed by atoms with van der Waals surface area (Å²) in [5.74, 6) is 1.77. The number of benzene rings is 1. The molecule has 0 amide bonds. The summed E-state index contributed by atoms with van der Waals surface area (Å²) >= 11 is 6.02. The molecule has 2 heterocycles. The van der Waals surface area contributed by atoms with Crippen LogP contribution in [-0.4, -0.2) is 29.7 Å². The van der Waals surface area contributed by atoms with E-state index >= 15 is 0 Å². The molecule has 0 unspecified atom stereocenters. The lowest BCUT2D eigenvalue weighted by atomic mass is 10.3. The molecule has 1 aliphatic heterocycles. The Labute approximate surface area is 123 Å². The van der Waals surface area contributed by atoms with E-state index in [2.05, 4.69) is 23.0 Å². The first kappa shape index (κ1) is 12.9. The van der Waals surface area contributed by atoms with Crippen molar-refractivity contribution in [3.63, 3.8) is 0 Å². The first-order chi connectivity index (χ1) is 9.72. The Morgan fingerprint density at radius 2 is 1.65 bits per heavy atom. The Bertz CT molecular complexity index is 683. The van der Waals surface area contributed by atoms with Gasteiger partial charge >= 0.3 is 0 Å². The van der Waals surface area contributed by atoms with Crippen LogP contribution in [0.5, 0.6) is 0 Å². The second-order valence-electron chi connectivity index (χ2n) is 4.67. The molecule has 0 radical (unpaired) electrons. The van der Waals surface area contributed by atoms with Crippen molar-refractivity contribution < 1.29 is 0 Å². The molecule has 0 aliphatic carbocycles. The Balaban J connectivity index is 2.14. The summed E-state index contributed by atoms with van der Waals surface area (Å²) in [6.45, 7) is 9.82. The standard InChI is InChI=1S/C15H15ClN4/c1-3-7-19-10-20(8-4-2)15-14(19)17-12-6-5-11(16)9-13(12)18-15/h3-6,9H,1-2,7-8,10H2. The fraction of sp³-hybridized carbons (Fsp3) is 0.200. The molecule has 0 bridgehead atoms. The van der Waals surface area contributed by atoms with E-state index < -0.39 is 0 Å². The van der Waals surface area contributed by atoms with Crippen molar-refractivity contribution in [2.45, 2.75) is 0 Å². The van der Waals surface area contributed by atoms with Crippen molar-refractivity contribution in [3.05, 3.63) is 48.5 Å². The van der Waals surface area contributed by atoms with Crippen molar-refractivity contribution in [1.82, 2.24) is 9.97 Å². The zero-order chi connectivity index (χ0) is 14.1. The smallest absolute Gasteiger partial charge is 0.174 e. The first-order valence-corrected chi connectivity index (χ1v) is 6.79. The lowest BCUT2D eigenvalue weighted by molar-refractivity contribution is 0.834. The summed E-state index contributed by atoms with van der Waals surface area (Å²) < 4.78 is 0. The number of fused-ring (bicyclic) bond motifs is 2. The van der Waals surface area contributed by atoms with E-state index in [1.54, 1.807) is 0 Å². The molecule has 0 fully saturated rings. The van der Waals surface area contributed by atoms with Gasteiger partial charge in [0.05, 0.1) is 17.7 Å². The summed E-state index contributed by atoms with van der Waals surface area (Å²) in [6, 6.07) is 5.57. The largest absolute Gasteiger partial charge is 0.332 e. The van der Waals surface area contributed by atoms with E-state index in [4.69, 9.17) is 21.6 Å². The van der Waals surface area contributed by atoms with Crippen molar-refractivity contribution in [1.29, 1.82) is 0 Å². The van der Waals surface area contributed by atoms with Crippen molar-refractivity contribution in [2.75, 3.05) is 29.6 Å². The fourth-order valence-corrected chi connectivity index (χ4v) is 2.54. The molecule has 102 valence electrons. The molecule has 4 nitrogen and oxygen atoms in total. The Kier molecular flexibility index (Phi) is 3.32. The van der Waals surface area contributed by atoms with Gasteiger partial charge in [-0.1, -0.05) is 23.8 Å². The van der Waals surface area contributed by atoms with Crippen LogP contribution in [0, 0.1) is 0 Å². The van der Waals surface area contributed by atoms with Crippen LogP contribution >= 0.6 is 11.6 Å². The van der Waals surface area contributed by atoms with Crippen LogP contribution in [0.3, 0.4) is 0 Å². The molecule has 2 aromatic rings. The number of hydrogen-bond donors (Lipinski definition) is 0. The minimum Gasteiger partial charge on any atom is -0.332 e. The lowest BCUT2D eigenvalue weighted by Gasteiger charge is -2.17. The van der Waals surface area contributed by atoms with Gasteiger partial charge in [0.15, 0.2) is 11.6 Å². The Morgan fingerprint density at radius 3 is 2.25 bits per heavy atom. The van der Waals surface area contributed by atoms with Gasteiger partial charge in [0.2, 0.25) is 0 Å². The fourth-order valence-electron chi connectivity index (χ4n) is 2.37. The van der Waals surface area contributed by atoms with Crippen LogP contribution in [0.1, 0.15) is 0 Å².